The maximum atomic E-state index is 11.2. The Balaban J connectivity index is 1.67. The molecule has 3 aromatic rings. The number of fused-ring (bicyclic) bond motifs is 2. The molecule has 0 aromatic heterocycles. The first-order chi connectivity index (χ1) is 18.2. The Hall–Kier alpha value is -2.74. The van der Waals surface area contributed by atoms with E-state index in [1.165, 1.54) is 48.0 Å². The normalized spacial score (nSPS) is 13.0. The molecule has 0 aliphatic carbocycles. The van der Waals surface area contributed by atoms with Crippen LogP contribution in [0.4, 0.5) is 0 Å². The lowest BCUT2D eigenvalue weighted by atomic mass is 9.93. The summed E-state index contributed by atoms with van der Waals surface area (Å²) in [5, 5.41) is 25.2. The molecule has 2 N–H and O–H groups in total. The molecule has 0 saturated carbocycles. The van der Waals surface area contributed by atoms with Crippen molar-refractivity contribution in [3.05, 3.63) is 70.8 Å². The Morgan fingerprint density at radius 3 is 1.84 bits per heavy atom. The predicted octanol–water partition coefficient (Wildman–Crippen LogP) is 10.8. The van der Waals surface area contributed by atoms with Crippen molar-refractivity contribution in [1.29, 1.82) is 0 Å². The number of rotatable bonds is 14. The van der Waals surface area contributed by atoms with E-state index in [9.17, 15) is 10.2 Å². The number of phenolic OH excluding ortho intramolecular Hbond substituents is 2. The van der Waals surface area contributed by atoms with E-state index in [0.717, 1.165) is 71.9 Å². The van der Waals surface area contributed by atoms with E-state index < -0.39 is 0 Å². The highest BCUT2D eigenvalue weighted by atomic mass is 16.3. The summed E-state index contributed by atoms with van der Waals surface area (Å²) in [7, 11) is 0. The van der Waals surface area contributed by atoms with Gasteiger partial charge in [0, 0.05) is 21.5 Å². The van der Waals surface area contributed by atoms with Crippen LogP contribution < -0.4 is 0 Å². The van der Waals surface area contributed by atoms with Crippen LogP contribution in [0.3, 0.4) is 0 Å². The lowest BCUT2D eigenvalue weighted by Crippen LogP contribution is -1.98. The van der Waals surface area contributed by atoms with Crippen LogP contribution in [-0.2, 0) is 12.8 Å². The molecule has 0 bridgehead atoms. The van der Waals surface area contributed by atoms with E-state index in [1.54, 1.807) is 0 Å². The van der Waals surface area contributed by atoms with Gasteiger partial charge in [-0.25, -0.2) is 0 Å². The fourth-order valence-corrected chi connectivity index (χ4v) is 5.44. The van der Waals surface area contributed by atoms with Gasteiger partial charge >= 0.3 is 0 Å². The Labute approximate surface area is 231 Å². The number of benzene rings is 3. The molecule has 0 fully saturated rings. The van der Waals surface area contributed by atoms with Crippen molar-refractivity contribution in [1.82, 2.24) is 0 Å². The molecule has 3 rings (SSSR count). The summed E-state index contributed by atoms with van der Waals surface area (Å²) in [4.78, 5) is 0. The van der Waals surface area contributed by atoms with Gasteiger partial charge in [-0.3, -0.25) is 0 Å². The third-order valence-corrected chi connectivity index (χ3v) is 7.85. The third kappa shape index (κ3) is 8.65. The van der Waals surface area contributed by atoms with E-state index >= 15 is 0 Å². The van der Waals surface area contributed by atoms with Crippen LogP contribution in [0.1, 0.15) is 104 Å². The molecule has 0 amide bonds. The number of aromatic hydroxyl groups is 2. The minimum Gasteiger partial charge on any atom is -0.507 e. The Kier molecular flexibility index (Phi) is 11.3. The van der Waals surface area contributed by atoms with Gasteiger partial charge in [-0.05, 0) is 94.4 Å². The van der Waals surface area contributed by atoms with E-state index in [1.807, 2.05) is 18.2 Å². The first kappa shape index (κ1) is 29.8. The van der Waals surface area contributed by atoms with Crippen molar-refractivity contribution in [2.75, 3.05) is 0 Å². The molecule has 38 heavy (non-hydrogen) atoms. The zero-order chi connectivity index (χ0) is 27.7. The molecule has 206 valence electrons. The Morgan fingerprint density at radius 2 is 1.26 bits per heavy atom. The summed E-state index contributed by atoms with van der Waals surface area (Å²) in [6.45, 7) is 13.5. The van der Waals surface area contributed by atoms with Gasteiger partial charge in [0.05, 0.1) is 0 Å². The molecule has 0 aliphatic rings. The molecule has 0 aliphatic heterocycles. The van der Waals surface area contributed by atoms with E-state index in [0.29, 0.717) is 0 Å². The van der Waals surface area contributed by atoms with Crippen LogP contribution in [0.2, 0.25) is 0 Å². The molecule has 1 unspecified atom stereocenters. The highest BCUT2D eigenvalue weighted by molar-refractivity contribution is 6.10. The Morgan fingerprint density at radius 1 is 0.684 bits per heavy atom. The van der Waals surface area contributed by atoms with Crippen molar-refractivity contribution < 1.29 is 10.2 Å². The van der Waals surface area contributed by atoms with Crippen LogP contribution in [0, 0.1) is 11.8 Å². The molecular formula is C36H50O2. The lowest BCUT2D eigenvalue weighted by Gasteiger charge is -2.14. The topological polar surface area (TPSA) is 40.5 Å². The zero-order valence-corrected chi connectivity index (χ0v) is 24.7. The molecular weight excluding hydrogens is 464 g/mol. The quantitative estimate of drug-likeness (QED) is 0.128. The summed E-state index contributed by atoms with van der Waals surface area (Å²) in [6.07, 6.45) is 16.1. The molecule has 0 heterocycles. The largest absolute Gasteiger partial charge is 0.507 e. The molecule has 2 heteroatoms. The van der Waals surface area contributed by atoms with Gasteiger partial charge < -0.3 is 10.2 Å². The maximum absolute atomic E-state index is 11.2. The summed E-state index contributed by atoms with van der Waals surface area (Å²) >= 11 is 0. The molecule has 1 atom stereocenters. The molecule has 3 aromatic carbocycles. The van der Waals surface area contributed by atoms with Crippen LogP contribution in [0.15, 0.2) is 59.7 Å². The summed E-state index contributed by atoms with van der Waals surface area (Å²) in [5.41, 5.74) is 5.20. The van der Waals surface area contributed by atoms with Crippen LogP contribution in [0.25, 0.3) is 21.5 Å². The average Bonchev–Trinajstić information content (AvgIpc) is 2.86. The minimum absolute atomic E-state index is 0.272. The van der Waals surface area contributed by atoms with Crippen molar-refractivity contribution in [3.63, 3.8) is 0 Å². The number of allylic oxidation sites excluding steroid dienone is 4. The second-order valence-corrected chi connectivity index (χ2v) is 12.2. The number of hydrogen-bond acceptors (Lipinski definition) is 2. The highest BCUT2D eigenvalue weighted by Crippen LogP contribution is 2.42. The molecule has 2 nitrogen and oxygen atoms in total. The van der Waals surface area contributed by atoms with Gasteiger partial charge in [-0.1, -0.05) is 94.0 Å². The fraction of sp³-hybridized carbons (Fsp3) is 0.500. The van der Waals surface area contributed by atoms with Gasteiger partial charge in [-0.2, -0.15) is 0 Å². The first-order valence-electron chi connectivity index (χ1n) is 14.8. The van der Waals surface area contributed by atoms with E-state index in [-0.39, 0.29) is 11.5 Å². The lowest BCUT2D eigenvalue weighted by molar-refractivity contribution is 0.427. The minimum atomic E-state index is 0.272. The number of hydrogen-bond donors (Lipinski definition) is 2. The molecule has 0 saturated heterocycles. The molecule has 0 radical (unpaired) electrons. The monoisotopic (exact) mass is 514 g/mol. The number of phenols is 2. The average molecular weight is 515 g/mol. The smallest absolute Gasteiger partial charge is 0.131 e. The first-order valence-corrected chi connectivity index (χ1v) is 14.8. The van der Waals surface area contributed by atoms with Crippen molar-refractivity contribution in [3.8, 4) is 11.5 Å². The van der Waals surface area contributed by atoms with Crippen LogP contribution >= 0.6 is 0 Å². The van der Waals surface area contributed by atoms with Crippen LogP contribution in [0.5, 0.6) is 11.5 Å². The second-order valence-electron chi connectivity index (χ2n) is 12.2. The van der Waals surface area contributed by atoms with E-state index in [4.69, 9.17) is 0 Å². The standard InChI is InChI=1S/C36H50O2/c1-25(2)11-7-13-27(5)15-9-17-29-19-21-31-33(23-29)35(37)32-22-20-30(24-34(32)36(31)38)18-10-16-28(6)14-8-12-26(3)4/h11,15,19-24,26,28,37-38H,7-10,12-14,16-18H2,1-6H3/b27-15+. The molecule has 0 spiro atoms. The second kappa shape index (κ2) is 14.4. The van der Waals surface area contributed by atoms with Crippen molar-refractivity contribution in [2.24, 2.45) is 11.8 Å². The summed E-state index contributed by atoms with van der Waals surface area (Å²) in [5.74, 6) is 2.10. The van der Waals surface area contributed by atoms with Gasteiger partial charge in [-0.15, -0.1) is 0 Å². The highest BCUT2D eigenvalue weighted by Gasteiger charge is 2.14. The van der Waals surface area contributed by atoms with Gasteiger partial charge in [0.25, 0.3) is 0 Å². The predicted molar refractivity (Wildman–Crippen MR) is 166 cm³/mol. The zero-order valence-electron chi connectivity index (χ0n) is 24.7. The maximum Gasteiger partial charge on any atom is 0.131 e. The van der Waals surface area contributed by atoms with Crippen molar-refractivity contribution in [2.45, 2.75) is 106 Å². The van der Waals surface area contributed by atoms with E-state index in [2.05, 4.69) is 71.9 Å². The third-order valence-electron chi connectivity index (χ3n) is 7.85. The summed E-state index contributed by atoms with van der Waals surface area (Å²) < 4.78 is 0. The van der Waals surface area contributed by atoms with Gasteiger partial charge in [0.1, 0.15) is 11.5 Å². The number of aryl methyl sites for hydroxylation is 2. The van der Waals surface area contributed by atoms with Crippen molar-refractivity contribution >= 4 is 21.5 Å². The summed E-state index contributed by atoms with van der Waals surface area (Å²) in [6, 6.07) is 12.3. The van der Waals surface area contributed by atoms with Crippen LogP contribution in [-0.4, -0.2) is 10.2 Å². The fourth-order valence-electron chi connectivity index (χ4n) is 5.44. The van der Waals surface area contributed by atoms with Gasteiger partial charge in [0.15, 0.2) is 0 Å². The Bertz CT molecular complexity index is 1260. The SMILES string of the molecule is CC(C)=CCC/C(C)=C/CCc1ccc2c(O)c3cc(CCCC(C)CCCC(C)C)ccc3c(O)c2c1. The van der Waals surface area contributed by atoms with Gasteiger partial charge in [0.2, 0.25) is 0 Å².